The molecule has 3 heterocycles. The Bertz CT molecular complexity index is 609. The summed E-state index contributed by atoms with van der Waals surface area (Å²) in [5.41, 5.74) is 2.37. The normalized spacial score (nSPS) is 13.9. The predicted octanol–water partition coefficient (Wildman–Crippen LogP) is 2.46. The molecule has 1 amide bonds. The number of amides is 1. The van der Waals surface area contributed by atoms with E-state index in [0.717, 1.165) is 29.8 Å². The van der Waals surface area contributed by atoms with Crippen molar-refractivity contribution in [2.75, 3.05) is 18.5 Å². The van der Waals surface area contributed by atoms with Crippen molar-refractivity contribution in [3.05, 3.63) is 46.6 Å². The highest BCUT2D eigenvalue weighted by Crippen LogP contribution is 2.34. The molecule has 1 aliphatic rings. The number of carbonyl (C=O) groups excluding carboxylic acids is 1. The summed E-state index contributed by atoms with van der Waals surface area (Å²) in [6, 6.07) is 5.86. The SMILES string of the molecule is CN1CCCc2cc(C(=O)NCc3ccncc3)sc21. The first-order valence-corrected chi connectivity index (χ1v) is 7.56. The van der Waals surface area contributed by atoms with Crippen molar-refractivity contribution in [2.24, 2.45) is 0 Å². The van der Waals surface area contributed by atoms with Gasteiger partial charge in [-0.15, -0.1) is 11.3 Å². The average Bonchev–Trinajstić information content (AvgIpc) is 2.91. The van der Waals surface area contributed by atoms with Gasteiger partial charge in [-0.3, -0.25) is 9.78 Å². The number of carbonyl (C=O) groups is 1. The Labute approximate surface area is 122 Å². The quantitative estimate of drug-likeness (QED) is 0.943. The highest BCUT2D eigenvalue weighted by Gasteiger charge is 2.20. The van der Waals surface area contributed by atoms with Crippen LogP contribution in [0.4, 0.5) is 5.00 Å². The molecule has 3 rings (SSSR count). The number of aromatic nitrogens is 1. The summed E-state index contributed by atoms with van der Waals surface area (Å²) in [5, 5.41) is 4.21. The Morgan fingerprint density at radius 3 is 3.00 bits per heavy atom. The van der Waals surface area contributed by atoms with E-state index < -0.39 is 0 Å². The van der Waals surface area contributed by atoms with Gasteiger partial charge in [0.05, 0.1) is 9.88 Å². The molecular weight excluding hydrogens is 270 g/mol. The van der Waals surface area contributed by atoms with Gasteiger partial charge in [-0.2, -0.15) is 0 Å². The number of hydrogen-bond acceptors (Lipinski definition) is 4. The Kier molecular flexibility index (Phi) is 3.69. The topological polar surface area (TPSA) is 45.2 Å². The third kappa shape index (κ3) is 2.67. The van der Waals surface area contributed by atoms with Crippen LogP contribution >= 0.6 is 11.3 Å². The molecule has 0 atom stereocenters. The van der Waals surface area contributed by atoms with Crippen molar-refractivity contribution in [1.82, 2.24) is 10.3 Å². The first-order chi connectivity index (χ1) is 9.74. The maximum Gasteiger partial charge on any atom is 0.261 e. The van der Waals surface area contributed by atoms with E-state index in [0.29, 0.717) is 6.54 Å². The van der Waals surface area contributed by atoms with E-state index in [4.69, 9.17) is 0 Å². The second-order valence-electron chi connectivity index (χ2n) is 5.00. The lowest BCUT2D eigenvalue weighted by molar-refractivity contribution is 0.0955. The number of pyridine rings is 1. The first kappa shape index (κ1) is 13.1. The fourth-order valence-corrected chi connectivity index (χ4v) is 3.53. The number of anilines is 1. The molecule has 5 heteroatoms. The van der Waals surface area contributed by atoms with Crippen LogP contribution in [-0.4, -0.2) is 24.5 Å². The van der Waals surface area contributed by atoms with E-state index in [1.807, 2.05) is 18.2 Å². The molecule has 0 spiro atoms. The summed E-state index contributed by atoms with van der Waals surface area (Å²) in [7, 11) is 2.09. The van der Waals surface area contributed by atoms with Gasteiger partial charge < -0.3 is 10.2 Å². The minimum Gasteiger partial charge on any atom is -0.366 e. The van der Waals surface area contributed by atoms with Gasteiger partial charge in [0, 0.05) is 32.5 Å². The molecule has 104 valence electrons. The molecule has 4 nitrogen and oxygen atoms in total. The summed E-state index contributed by atoms with van der Waals surface area (Å²) in [4.78, 5) is 19.2. The molecule has 0 aliphatic carbocycles. The Morgan fingerprint density at radius 1 is 1.45 bits per heavy atom. The molecule has 20 heavy (non-hydrogen) atoms. The fraction of sp³-hybridized carbons (Fsp3) is 0.333. The van der Waals surface area contributed by atoms with Crippen molar-refractivity contribution >= 4 is 22.2 Å². The van der Waals surface area contributed by atoms with Gasteiger partial charge in [-0.25, -0.2) is 0 Å². The average molecular weight is 287 g/mol. The molecule has 0 unspecified atom stereocenters. The van der Waals surface area contributed by atoms with Crippen LogP contribution in [-0.2, 0) is 13.0 Å². The first-order valence-electron chi connectivity index (χ1n) is 6.75. The minimum atomic E-state index is 0.00890. The maximum atomic E-state index is 12.2. The smallest absolute Gasteiger partial charge is 0.261 e. The molecule has 0 fully saturated rings. The number of fused-ring (bicyclic) bond motifs is 1. The van der Waals surface area contributed by atoms with Gasteiger partial charge in [0.1, 0.15) is 0 Å². The monoisotopic (exact) mass is 287 g/mol. The molecule has 0 saturated carbocycles. The van der Waals surface area contributed by atoms with Gasteiger partial charge >= 0.3 is 0 Å². The van der Waals surface area contributed by atoms with Crippen molar-refractivity contribution in [1.29, 1.82) is 0 Å². The van der Waals surface area contributed by atoms with Gasteiger partial charge in [-0.05, 0) is 42.2 Å². The lowest BCUT2D eigenvalue weighted by Gasteiger charge is -2.23. The fourth-order valence-electron chi connectivity index (χ4n) is 2.41. The van der Waals surface area contributed by atoms with Gasteiger partial charge in [0.15, 0.2) is 0 Å². The molecule has 0 saturated heterocycles. The van der Waals surface area contributed by atoms with E-state index in [-0.39, 0.29) is 5.91 Å². The van der Waals surface area contributed by atoms with E-state index in [9.17, 15) is 4.79 Å². The Morgan fingerprint density at radius 2 is 2.25 bits per heavy atom. The van der Waals surface area contributed by atoms with Crippen LogP contribution in [0, 0.1) is 0 Å². The Hall–Kier alpha value is -1.88. The zero-order chi connectivity index (χ0) is 13.9. The van der Waals surface area contributed by atoms with E-state index >= 15 is 0 Å². The van der Waals surface area contributed by atoms with Crippen LogP contribution in [0.3, 0.4) is 0 Å². The second-order valence-corrected chi connectivity index (χ2v) is 6.03. The lowest BCUT2D eigenvalue weighted by Crippen LogP contribution is -2.22. The van der Waals surface area contributed by atoms with Gasteiger partial charge in [-0.1, -0.05) is 0 Å². The second kappa shape index (κ2) is 5.63. The molecule has 0 aromatic carbocycles. The highest BCUT2D eigenvalue weighted by atomic mass is 32.1. The molecule has 1 aliphatic heterocycles. The Balaban J connectivity index is 1.69. The minimum absolute atomic E-state index is 0.00890. The van der Waals surface area contributed by atoms with Crippen LogP contribution in [0.2, 0.25) is 0 Å². The summed E-state index contributed by atoms with van der Waals surface area (Å²) in [5.74, 6) is 0.00890. The van der Waals surface area contributed by atoms with Crippen molar-refractivity contribution < 1.29 is 4.79 Å². The van der Waals surface area contributed by atoms with Gasteiger partial charge in [0.2, 0.25) is 0 Å². The van der Waals surface area contributed by atoms with Crippen LogP contribution in [0.15, 0.2) is 30.6 Å². The number of aryl methyl sites for hydroxylation is 1. The van der Waals surface area contributed by atoms with Gasteiger partial charge in [0.25, 0.3) is 5.91 Å². The summed E-state index contributed by atoms with van der Waals surface area (Å²) >= 11 is 1.59. The number of hydrogen-bond donors (Lipinski definition) is 1. The maximum absolute atomic E-state index is 12.2. The third-order valence-corrected chi connectivity index (χ3v) is 4.79. The summed E-state index contributed by atoms with van der Waals surface area (Å²) < 4.78 is 0. The molecule has 2 aromatic rings. The zero-order valence-electron chi connectivity index (χ0n) is 11.4. The molecule has 1 N–H and O–H groups in total. The zero-order valence-corrected chi connectivity index (χ0v) is 12.2. The lowest BCUT2D eigenvalue weighted by atomic mass is 10.1. The van der Waals surface area contributed by atoms with E-state index in [1.165, 1.54) is 10.6 Å². The molecule has 0 bridgehead atoms. The van der Waals surface area contributed by atoms with E-state index in [1.54, 1.807) is 23.7 Å². The number of thiophene rings is 1. The molecule has 2 aromatic heterocycles. The van der Waals surface area contributed by atoms with Crippen molar-refractivity contribution in [3.63, 3.8) is 0 Å². The highest BCUT2D eigenvalue weighted by molar-refractivity contribution is 7.18. The predicted molar refractivity (Wildman–Crippen MR) is 81.3 cm³/mol. The van der Waals surface area contributed by atoms with E-state index in [2.05, 4.69) is 22.2 Å². The van der Waals surface area contributed by atoms with Crippen LogP contribution < -0.4 is 10.2 Å². The summed E-state index contributed by atoms with van der Waals surface area (Å²) in [6.07, 6.45) is 5.71. The van der Waals surface area contributed by atoms with Crippen LogP contribution in [0.25, 0.3) is 0 Å². The standard InChI is InChI=1S/C15H17N3OS/c1-18-8-2-3-12-9-13(20-15(12)18)14(19)17-10-11-4-6-16-7-5-11/h4-7,9H,2-3,8,10H2,1H3,(H,17,19). The largest absolute Gasteiger partial charge is 0.366 e. The molecule has 0 radical (unpaired) electrons. The summed E-state index contributed by atoms with van der Waals surface area (Å²) in [6.45, 7) is 1.62. The molecular formula is C15H17N3OS. The number of nitrogens with zero attached hydrogens (tertiary/aromatic N) is 2. The van der Waals surface area contributed by atoms with Crippen LogP contribution in [0.5, 0.6) is 0 Å². The van der Waals surface area contributed by atoms with Crippen molar-refractivity contribution in [2.45, 2.75) is 19.4 Å². The van der Waals surface area contributed by atoms with Crippen LogP contribution in [0.1, 0.15) is 27.2 Å². The number of rotatable bonds is 3. The van der Waals surface area contributed by atoms with Crippen molar-refractivity contribution in [3.8, 4) is 0 Å². The third-order valence-electron chi connectivity index (χ3n) is 3.50. The number of nitrogens with one attached hydrogen (secondary N) is 1.